The van der Waals surface area contributed by atoms with Crippen molar-refractivity contribution in [1.82, 2.24) is 10.6 Å². The third-order valence-corrected chi connectivity index (χ3v) is 5.90. The van der Waals surface area contributed by atoms with Crippen LogP contribution in [0.5, 0.6) is 11.5 Å². The minimum absolute atomic E-state index is 0.0825. The lowest BCUT2D eigenvalue weighted by Gasteiger charge is -2.20. The molecule has 1 aromatic rings. The summed E-state index contributed by atoms with van der Waals surface area (Å²) >= 11 is 0. The number of methoxy groups -OCH3 is 2. The molecule has 30 heavy (non-hydrogen) atoms. The Bertz CT molecular complexity index is 665. The molecule has 2 rings (SSSR count). The van der Waals surface area contributed by atoms with Gasteiger partial charge in [-0.2, -0.15) is 0 Å². The Morgan fingerprint density at radius 1 is 0.833 bits per heavy atom. The van der Waals surface area contributed by atoms with Crippen LogP contribution in [0, 0.1) is 0 Å². The van der Waals surface area contributed by atoms with Crippen molar-refractivity contribution >= 4 is 11.8 Å². The minimum Gasteiger partial charge on any atom is -0.493 e. The summed E-state index contributed by atoms with van der Waals surface area (Å²) in [7, 11) is 3.15. The fourth-order valence-corrected chi connectivity index (χ4v) is 4.03. The zero-order valence-electron chi connectivity index (χ0n) is 18.8. The van der Waals surface area contributed by atoms with Crippen molar-refractivity contribution in [3.05, 3.63) is 23.8 Å². The fraction of sp³-hybridized carbons (Fsp3) is 0.667. The molecular weight excluding hydrogens is 380 g/mol. The van der Waals surface area contributed by atoms with E-state index in [9.17, 15) is 9.59 Å². The van der Waals surface area contributed by atoms with Gasteiger partial charge in [0.2, 0.25) is 0 Å². The summed E-state index contributed by atoms with van der Waals surface area (Å²) in [6.45, 7) is 1.85. The van der Waals surface area contributed by atoms with E-state index in [1.165, 1.54) is 44.9 Å². The highest BCUT2D eigenvalue weighted by Gasteiger charge is 2.21. The number of carbonyl (C=O) groups is 2. The van der Waals surface area contributed by atoms with Gasteiger partial charge in [-0.25, -0.2) is 0 Å². The Hall–Kier alpha value is -2.24. The highest BCUT2D eigenvalue weighted by molar-refractivity contribution is 6.35. The van der Waals surface area contributed by atoms with Gasteiger partial charge in [-0.05, 0) is 37.5 Å². The van der Waals surface area contributed by atoms with E-state index in [2.05, 4.69) is 10.6 Å². The molecule has 0 saturated heterocycles. The molecule has 0 aliphatic heterocycles. The van der Waals surface area contributed by atoms with Crippen molar-refractivity contribution in [2.45, 2.75) is 89.6 Å². The number of hydrogen-bond acceptors (Lipinski definition) is 4. The monoisotopic (exact) mass is 418 g/mol. The number of nitrogens with one attached hydrogen (secondary N) is 2. The van der Waals surface area contributed by atoms with Crippen LogP contribution in [0.1, 0.15) is 89.2 Å². The molecule has 2 N–H and O–H groups in total. The molecule has 168 valence electrons. The Labute approximate surface area is 181 Å². The zero-order chi connectivity index (χ0) is 21.8. The first-order valence-electron chi connectivity index (χ1n) is 11.4. The molecule has 0 spiro atoms. The van der Waals surface area contributed by atoms with Crippen LogP contribution >= 0.6 is 0 Å². The summed E-state index contributed by atoms with van der Waals surface area (Å²) in [6.07, 6.45) is 13.0. The largest absolute Gasteiger partial charge is 0.493 e. The molecule has 1 aliphatic carbocycles. The van der Waals surface area contributed by atoms with E-state index in [1.807, 2.05) is 19.1 Å². The lowest BCUT2D eigenvalue weighted by atomic mass is 9.98. The summed E-state index contributed by atoms with van der Waals surface area (Å²) in [6, 6.07) is 5.23. The number of rotatable bonds is 5. The van der Waals surface area contributed by atoms with Gasteiger partial charge in [0.1, 0.15) is 0 Å². The average molecular weight is 419 g/mol. The van der Waals surface area contributed by atoms with E-state index in [0.717, 1.165) is 31.2 Å². The van der Waals surface area contributed by atoms with Crippen LogP contribution in [0.4, 0.5) is 0 Å². The quantitative estimate of drug-likeness (QED) is 0.681. The van der Waals surface area contributed by atoms with Crippen molar-refractivity contribution < 1.29 is 19.1 Å². The van der Waals surface area contributed by atoms with E-state index in [-0.39, 0.29) is 12.1 Å². The first kappa shape index (κ1) is 24.0. The normalized spacial score (nSPS) is 17.7. The van der Waals surface area contributed by atoms with E-state index in [0.29, 0.717) is 11.5 Å². The molecule has 0 radical (unpaired) electrons. The maximum atomic E-state index is 12.5. The lowest BCUT2D eigenvalue weighted by molar-refractivity contribution is -0.140. The number of carbonyl (C=O) groups excluding carboxylic acids is 2. The van der Waals surface area contributed by atoms with Crippen molar-refractivity contribution in [2.75, 3.05) is 14.2 Å². The maximum Gasteiger partial charge on any atom is 0.309 e. The second kappa shape index (κ2) is 13.1. The number of hydrogen-bond donors (Lipinski definition) is 2. The molecule has 1 aliphatic rings. The average Bonchev–Trinajstić information content (AvgIpc) is 2.74. The van der Waals surface area contributed by atoms with E-state index in [1.54, 1.807) is 20.3 Å². The summed E-state index contributed by atoms with van der Waals surface area (Å²) in [5.74, 6) is 0.0802. The Balaban J connectivity index is 1.89. The second-order valence-corrected chi connectivity index (χ2v) is 8.24. The molecule has 6 nitrogen and oxygen atoms in total. The van der Waals surface area contributed by atoms with Gasteiger partial charge in [0.05, 0.1) is 20.3 Å². The predicted octanol–water partition coefficient (Wildman–Crippen LogP) is 4.67. The third kappa shape index (κ3) is 7.88. The van der Waals surface area contributed by atoms with Crippen molar-refractivity contribution in [2.24, 2.45) is 0 Å². The van der Waals surface area contributed by atoms with Crippen LogP contribution in [0.2, 0.25) is 0 Å². The standard InChI is InChI=1S/C24H38N2O4/c1-18(19-15-16-21(29-2)22(17-19)30-3)25-23(27)24(28)26-20-13-11-9-7-5-4-6-8-10-12-14-20/h15-18,20H,4-14H2,1-3H3,(H,25,27)(H,26,28). The topological polar surface area (TPSA) is 76.7 Å². The molecule has 1 aromatic carbocycles. The molecule has 0 bridgehead atoms. The van der Waals surface area contributed by atoms with Gasteiger partial charge < -0.3 is 20.1 Å². The lowest BCUT2D eigenvalue weighted by Crippen LogP contribution is -2.45. The molecule has 0 heterocycles. The highest BCUT2D eigenvalue weighted by Crippen LogP contribution is 2.29. The highest BCUT2D eigenvalue weighted by atomic mass is 16.5. The molecule has 1 unspecified atom stereocenters. The Kier molecular flexibility index (Phi) is 10.5. The maximum absolute atomic E-state index is 12.5. The van der Waals surface area contributed by atoms with Crippen molar-refractivity contribution in [1.29, 1.82) is 0 Å². The number of amides is 2. The van der Waals surface area contributed by atoms with E-state index >= 15 is 0 Å². The van der Waals surface area contributed by atoms with E-state index in [4.69, 9.17) is 9.47 Å². The van der Waals surface area contributed by atoms with Gasteiger partial charge in [-0.3, -0.25) is 9.59 Å². The zero-order valence-corrected chi connectivity index (χ0v) is 18.8. The van der Waals surface area contributed by atoms with Gasteiger partial charge in [0, 0.05) is 6.04 Å². The first-order valence-corrected chi connectivity index (χ1v) is 11.4. The summed E-state index contributed by atoms with van der Waals surface area (Å²) < 4.78 is 10.6. The van der Waals surface area contributed by atoms with Crippen LogP contribution in [0.15, 0.2) is 18.2 Å². The third-order valence-electron chi connectivity index (χ3n) is 5.90. The van der Waals surface area contributed by atoms with Gasteiger partial charge in [-0.1, -0.05) is 63.9 Å². The smallest absolute Gasteiger partial charge is 0.309 e. The van der Waals surface area contributed by atoms with Crippen LogP contribution < -0.4 is 20.1 Å². The van der Waals surface area contributed by atoms with Gasteiger partial charge in [-0.15, -0.1) is 0 Å². The number of benzene rings is 1. The van der Waals surface area contributed by atoms with Crippen molar-refractivity contribution in [3.63, 3.8) is 0 Å². The van der Waals surface area contributed by atoms with Crippen LogP contribution in [0.3, 0.4) is 0 Å². The molecular formula is C24H38N2O4. The summed E-state index contributed by atoms with van der Waals surface area (Å²) in [5, 5.41) is 5.77. The predicted molar refractivity (Wildman–Crippen MR) is 119 cm³/mol. The van der Waals surface area contributed by atoms with Gasteiger partial charge >= 0.3 is 11.8 Å². The Morgan fingerprint density at radius 3 is 1.90 bits per heavy atom. The summed E-state index contributed by atoms with van der Waals surface area (Å²) in [5.41, 5.74) is 0.847. The summed E-state index contributed by atoms with van der Waals surface area (Å²) in [4.78, 5) is 25.0. The van der Waals surface area contributed by atoms with Gasteiger partial charge in [0.15, 0.2) is 11.5 Å². The van der Waals surface area contributed by atoms with E-state index < -0.39 is 11.8 Å². The molecule has 0 aromatic heterocycles. The fourth-order valence-electron chi connectivity index (χ4n) is 4.03. The van der Waals surface area contributed by atoms with Crippen LogP contribution in [-0.2, 0) is 9.59 Å². The second-order valence-electron chi connectivity index (χ2n) is 8.24. The molecule has 1 fully saturated rings. The van der Waals surface area contributed by atoms with Crippen LogP contribution in [-0.4, -0.2) is 32.1 Å². The Morgan fingerprint density at radius 2 is 1.37 bits per heavy atom. The molecule has 1 atom stereocenters. The molecule has 1 saturated carbocycles. The minimum atomic E-state index is -0.594. The first-order chi connectivity index (χ1) is 14.5. The van der Waals surface area contributed by atoms with Gasteiger partial charge in [0.25, 0.3) is 0 Å². The van der Waals surface area contributed by atoms with Crippen LogP contribution in [0.25, 0.3) is 0 Å². The molecule has 6 heteroatoms. The molecule has 2 amide bonds. The SMILES string of the molecule is COc1ccc(C(C)NC(=O)C(=O)NC2CCCCCCCCCCC2)cc1OC. The van der Waals surface area contributed by atoms with Crippen molar-refractivity contribution in [3.8, 4) is 11.5 Å². The number of ether oxygens (including phenoxy) is 2.